The Hall–Kier alpha value is -2.11. The number of hydrogen-bond acceptors (Lipinski definition) is 5. The molecule has 2 saturated heterocycles. The normalized spacial score (nSPS) is 37.8. The third kappa shape index (κ3) is 3.30. The zero-order valence-corrected chi connectivity index (χ0v) is 20.5. The van der Waals surface area contributed by atoms with E-state index in [1.165, 1.54) is 24.8 Å². The molecule has 8 heteroatoms. The molecule has 4 saturated carbocycles. The molecule has 4 bridgehead atoms. The molecular formula is C26H34N4O3S. The van der Waals surface area contributed by atoms with Crippen molar-refractivity contribution in [2.45, 2.75) is 74.8 Å². The average Bonchev–Trinajstić information content (AvgIpc) is 3.55. The summed E-state index contributed by atoms with van der Waals surface area (Å²) in [5, 5.41) is 13.1. The van der Waals surface area contributed by atoms with Crippen molar-refractivity contribution in [2.24, 2.45) is 11.8 Å². The maximum atomic E-state index is 13.0. The molecule has 0 radical (unpaired) electrons. The van der Waals surface area contributed by atoms with E-state index in [0.29, 0.717) is 37.9 Å². The highest BCUT2D eigenvalue weighted by molar-refractivity contribution is 7.93. The summed E-state index contributed by atoms with van der Waals surface area (Å²) in [6.45, 7) is 1.59. The lowest BCUT2D eigenvalue weighted by molar-refractivity contribution is -0.130. The topological polar surface area (TPSA) is 93.5 Å². The van der Waals surface area contributed by atoms with Crippen molar-refractivity contribution >= 4 is 21.6 Å². The van der Waals surface area contributed by atoms with Crippen LogP contribution in [0.15, 0.2) is 24.3 Å². The molecule has 182 valence electrons. The molecule has 7 nitrogen and oxygen atoms in total. The maximum absolute atomic E-state index is 13.0. The molecule has 1 amide bonds. The Kier molecular flexibility index (Phi) is 5.23. The van der Waals surface area contributed by atoms with E-state index in [1.807, 2.05) is 12.1 Å². The number of rotatable bonds is 5. The van der Waals surface area contributed by atoms with Crippen LogP contribution >= 0.6 is 0 Å². The number of nitriles is 1. The Morgan fingerprint density at radius 1 is 1.12 bits per heavy atom. The van der Waals surface area contributed by atoms with Gasteiger partial charge >= 0.3 is 0 Å². The molecule has 1 aromatic rings. The largest absolute Gasteiger partial charge is 0.326 e. The second-order valence-electron chi connectivity index (χ2n) is 11.2. The fourth-order valence-electron chi connectivity index (χ4n) is 8.16. The van der Waals surface area contributed by atoms with Gasteiger partial charge in [0.25, 0.3) is 0 Å². The summed E-state index contributed by atoms with van der Waals surface area (Å²) in [5.41, 5.74) is 2.21. The molecule has 1 aromatic carbocycles. The van der Waals surface area contributed by atoms with Gasteiger partial charge in [0, 0.05) is 18.6 Å². The SMILES string of the molecule is N#C[C@@H]1CCCN1C(=O)CNC12CC3CC1CCCC3(c1ccc(N3CCCS3(=O)=O)cc1)C2. The van der Waals surface area contributed by atoms with E-state index < -0.39 is 10.0 Å². The molecule has 6 fully saturated rings. The number of likely N-dealkylation sites (tertiary alicyclic amines) is 1. The molecule has 7 rings (SSSR count). The van der Waals surface area contributed by atoms with Gasteiger partial charge in [-0.2, -0.15) is 5.26 Å². The first-order valence-electron chi connectivity index (χ1n) is 12.9. The van der Waals surface area contributed by atoms with Gasteiger partial charge in [-0.1, -0.05) is 18.6 Å². The van der Waals surface area contributed by atoms with Crippen LogP contribution in [0, 0.1) is 23.2 Å². The van der Waals surface area contributed by atoms with Crippen molar-refractivity contribution in [1.82, 2.24) is 10.2 Å². The molecule has 2 heterocycles. The summed E-state index contributed by atoms with van der Waals surface area (Å²) in [6, 6.07) is 10.4. The van der Waals surface area contributed by atoms with Crippen LogP contribution in [0.3, 0.4) is 0 Å². The Bertz CT molecular complexity index is 1130. The fraction of sp³-hybridized carbons (Fsp3) is 0.692. The zero-order valence-electron chi connectivity index (χ0n) is 19.7. The second kappa shape index (κ2) is 7.96. The molecule has 4 aliphatic carbocycles. The number of carbonyl (C=O) groups excluding carboxylic acids is 1. The van der Waals surface area contributed by atoms with Crippen LogP contribution in [0.4, 0.5) is 5.69 Å². The number of amides is 1. The van der Waals surface area contributed by atoms with Gasteiger partial charge in [-0.25, -0.2) is 8.42 Å². The van der Waals surface area contributed by atoms with Crippen LogP contribution in [0.2, 0.25) is 0 Å². The van der Waals surface area contributed by atoms with Crippen LogP contribution < -0.4 is 9.62 Å². The highest BCUT2D eigenvalue weighted by Crippen LogP contribution is 2.66. The summed E-state index contributed by atoms with van der Waals surface area (Å²) < 4.78 is 26.3. The number of fused-ring (bicyclic) bond motifs is 2. The Morgan fingerprint density at radius 2 is 1.94 bits per heavy atom. The molecular weight excluding hydrogens is 448 g/mol. The van der Waals surface area contributed by atoms with Crippen LogP contribution in [0.5, 0.6) is 0 Å². The number of nitrogens with one attached hydrogen (secondary N) is 1. The van der Waals surface area contributed by atoms with Gasteiger partial charge in [-0.3, -0.25) is 9.10 Å². The van der Waals surface area contributed by atoms with Gasteiger partial charge in [0.2, 0.25) is 15.9 Å². The molecule has 0 aromatic heterocycles. The minimum absolute atomic E-state index is 0.00431. The van der Waals surface area contributed by atoms with Crippen LogP contribution in [-0.2, 0) is 20.2 Å². The van der Waals surface area contributed by atoms with E-state index in [4.69, 9.17) is 0 Å². The van der Waals surface area contributed by atoms with Crippen LogP contribution in [-0.4, -0.2) is 56.2 Å². The standard InChI is InChI=1S/C26H34N4O3S/c27-16-23-5-2-11-29(23)24(31)17-28-26-15-21-14-20(26)4-1-10-25(21,18-26)19-6-8-22(9-7-19)30-12-3-13-34(30,32)33/h6-9,20-21,23,28H,1-5,10-15,17-18H2/t20?,21?,23-,25?,26?/m0/s1. The lowest BCUT2D eigenvalue weighted by atomic mass is 9.65. The van der Waals surface area contributed by atoms with Crippen molar-refractivity contribution in [1.29, 1.82) is 5.26 Å². The van der Waals surface area contributed by atoms with Crippen LogP contribution in [0.1, 0.15) is 63.4 Å². The number of carbonyl (C=O) groups is 1. The third-order valence-electron chi connectivity index (χ3n) is 9.69. The molecule has 2 aliphatic heterocycles. The minimum atomic E-state index is -3.17. The number of hydrogen-bond donors (Lipinski definition) is 1. The van der Waals surface area contributed by atoms with Crippen molar-refractivity contribution in [2.75, 3.05) is 29.7 Å². The Balaban J connectivity index is 1.22. The minimum Gasteiger partial charge on any atom is -0.326 e. The van der Waals surface area contributed by atoms with Crippen molar-refractivity contribution in [3.63, 3.8) is 0 Å². The first-order valence-corrected chi connectivity index (χ1v) is 14.5. The third-order valence-corrected chi connectivity index (χ3v) is 11.6. The number of sulfonamides is 1. The van der Waals surface area contributed by atoms with E-state index in [0.717, 1.165) is 37.8 Å². The lowest BCUT2D eigenvalue weighted by Gasteiger charge is -2.42. The van der Waals surface area contributed by atoms with E-state index in [2.05, 4.69) is 23.5 Å². The van der Waals surface area contributed by atoms with E-state index in [-0.39, 0.29) is 28.7 Å². The molecule has 0 spiro atoms. The first kappa shape index (κ1) is 22.4. The van der Waals surface area contributed by atoms with Crippen molar-refractivity contribution in [3.8, 4) is 6.07 Å². The number of anilines is 1. The highest BCUT2D eigenvalue weighted by Gasteiger charge is 2.64. The monoisotopic (exact) mass is 482 g/mol. The van der Waals surface area contributed by atoms with E-state index in [1.54, 1.807) is 9.21 Å². The maximum Gasteiger partial charge on any atom is 0.237 e. The predicted octanol–water partition coefficient (Wildman–Crippen LogP) is 2.92. The number of nitrogens with zero attached hydrogens (tertiary/aromatic N) is 3. The Labute approximate surface area is 202 Å². The van der Waals surface area contributed by atoms with Crippen molar-refractivity contribution in [3.05, 3.63) is 29.8 Å². The van der Waals surface area contributed by atoms with Gasteiger partial charge in [-0.05, 0) is 86.3 Å². The lowest BCUT2D eigenvalue weighted by Crippen LogP contribution is -2.53. The highest BCUT2D eigenvalue weighted by atomic mass is 32.2. The van der Waals surface area contributed by atoms with E-state index >= 15 is 0 Å². The summed E-state index contributed by atoms with van der Waals surface area (Å²) in [5.74, 6) is 1.51. The van der Waals surface area contributed by atoms with Gasteiger partial charge in [-0.15, -0.1) is 0 Å². The molecule has 6 aliphatic rings. The Morgan fingerprint density at radius 3 is 2.68 bits per heavy atom. The van der Waals surface area contributed by atoms with Gasteiger partial charge in [0.05, 0.1) is 24.1 Å². The summed E-state index contributed by atoms with van der Waals surface area (Å²) in [7, 11) is -3.17. The van der Waals surface area contributed by atoms with E-state index in [9.17, 15) is 18.5 Å². The smallest absolute Gasteiger partial charge is 0.237 e. The van der Waals surface area contributed by atoms with Crippen LogP contribution in [0.25, 0.3) is 0 Å². The summed E-state index contributed by atoms with van der Waals surface area (Å²) in [6.07, 6.45) is 9.31. The average molecular weight is 483 g/mol. The van der Waals surface area contributed by atoms with Gasteiger partial charge < -0.3 is 10.2 Å². The number of benzene rings is 1. The summed E-state index contributed by atoms with van der Waals surface area (Å²) >= 11 is 0. The molecule has 1 N–H and O–H groups in total. The fourth-order valence-corrected chi connectivity index (χ4v) is 9.72. The van der Waals surface area contributed by atoms with Gasteiger partial charge in [0.1, 0.15) is 6.04 Å². The quantitative estimate of drug-likeness (QED) is 0.697. The first-order chi connectivity index (χ1) is 16.4. The summed E-state index contributed by atoms with van der Waals surface area (Å²) in [4.78, 5) is 14.7. The molecule has 5 atom stereocenters. The molecule has 34 heavy (non-hydrogen) atoms. The predicted molar refractivity (Wildman–Crippen MR) is 130 cm³/mol. The second-order valence-corrected chi connectivity index (χ2v) is 13.2. The molecule has 4 unspecified atom stereocenters. The van der Waals surface area contributed by atoms with Gasteiger partial charge in [0.15, 0.2) is 0 Å². The van der Waals surface area contributed by atoms with Crippen molar-refractivity contribution < 1.29 is 13.2 Å². The zero-order chi connectivity index (χ0) is 23.6.